The zero-order valence-electron chi connectivity index (χ0n) is 63.3. The minimum atomic E-state index is -0.664. The van der Waals surface area contributed by atoms with E-state index in [0.29, 0.717) is 25.9 Å². The molecule has 0 radical (unpaired) electrons. The maximum atomic E-state index is 12.6. The zero-order valence-corrected chi connectivity index (χ0v) is 63.3. The Kier molecular flexibility index (Phi) is 80.8. The van der Waals surface area contributed by atoms with Crippen LogP contribution in [-0.2, 0) is 14.3 Å². The minimum Gasteiger partial charge on any atom is -0.466 e. The molecule has 0 aliphatic carbocycles. The third-order valence-electron chi connectivity index (χ3n) is 20.2. The Balaban J connectivity index is 3.36. The summed E-state index contributed by atoms with van der Waals surface area (Å²) < 4.78 is 5.50. The number of hydrogen-bond donors (Lipinski definition) is 3. The fourth-order valence-corrected chi connectivity index (χ4v) is 13.7. The number of hydrogen-bond acceptors (Lipinski definition) is 5. The number of unbranched alkanes of at least 4 members (excludes halogenated alkanes) is 64. The van der Waals surface area contributed by atoms with Crippen LogP contribution in [0.2, 0.25) is 0 Å². The Morgan fingerprint density at radius 1 is 0.301 bits per heavy atom. The molecule has 0 aliphatic rings. The Morgan fingerprint density at radius 3 is 0.828 bits per heavy atom. The summed E-state index contributed by atoms with van der Waals surface area (Å²) in [7, 11) is 0. The number of allylic oxidation sites excluding steroid dienone is 6. The van der Waals surface area contributed by atoms with Crippen LogP contribution in [0.25, 0.3) is 0 Å². The molecule has 2 atom stereocenters. The monoisotopic (exact) mass is 1310 g/mol. The molecule has 0 spiro atoms. The van der Waals surface area contributed by atoms with Gasteiger partial charge in [0.05, 0.1) is 25.4 Å². The molecule has 0 fully saturated rings. The van der Waals surface area contributed by atoms with Gasteiger partial charge in [-0.05, 0) is 83.5 Å². The molecule has 0 heterocycles. The molecule has 0 aliphatic heterocycles. The van der Waals surface area contributed by atoms with Crippen molar-refractivity contribution in [2.75, 3.05) is 13.2 Å². The van der Waals surface area contributed by atoms with E-state index in [4.69, 9.17) is 4.74 Å². The topological polar surface area (TPSA) is 95.9 Å². The lowest BCUT2D eigenvalue weighted by atomic mass is 10.0. The van der Waals surface area contributed by atoms with Crippen molar-refractivity contribution >= 4 is 11.9 Å². The first-order valence-corrected chi connectivity index (χ1v) is 42.7. The molecule has 1 amide bonds. The summed E-state index contributed by atoms with van der Waals surface area (Å²) in [5.74, 6) is -0.0143. The van der Waals surface area contributed by atoms with E-state index < -0.39 is 12.1 Å². The number of nitrogens with one attached hydrogen (secondary N) is 1. The van der Waals surface area contributed by atoms with Crippen LogP contribution in [0.5, 0.6) is 0 Å². The number of amides is 1. The van der Waals surface area contributed by atoms with Crippen molar-refractivity contribution in [3.8, 4) is 0 Å². The Morgan fingerprint density at radius 2 is 0.538 bits per heavy atom. The van der Waals surface area contributed by atoms with Crippen LogP contribution in [0.1, 0.15) is 483 Å². The maximum absolute atomic E-state index is 12.6. The van der Waals surface area contributed by atoms with E-state index in [0.717, 1.165) is 51.4 Å². The van der Waals surface area contributed by atoms with Crippen LogP contribution in [0.4, 0.5) is 0 Å². The van der Waals surface area contributed by atoms with Gasteiger partial charge in [0.25, 0.3) is 0 Å². The Hall–Kier alpha value is -1.92. The van der Waals surface area contributed by atoms with Crippen molar-refractivity contribution in [2.45, 2.75) is 495 Å². The van der Waals surface area contributed by atoms with Crippen LogP contribution in [-0.4, -0.2) is 47.4 Å². The fourth-order valence-electron chi connectivity index (χ4n) is 13.7. The van der Waals surface area contributed by atoms with Gasteiger partial charge in [-0.25, -0.2) is 0 Å². The highest BCUT2D eigenvalue weighted by Crippen LogP contribution is 2.20. The summed E-state index contributed by atoms with van der Waals surface area (Å²) in [6.45, 7) is 5.00. The minimum absolute atomic E-state index is 0.0123. The first kappa shape index (κ1) is 91.1. The van der Waals surface area contributed by atoms with E-state index in [2.05, 4.69) is 55.6 Å². The van der Waals surface area contributed by atoms with Crippen LogP contribution >= 0.6 is 0 Å². The molecule has 93 heavy (non-hydrogen) atoms. The lowest BCUT2D eigenvalue weighted by Crippen LogP contribution is -2.45. The summed E-state index contributed by atoms with van der Waals surface area (Å²) in [6, 6.07) is -0.541. The van der Waals surface area contributed by atoms with Gasteiger partial charge in [0.2, 0.25) is 5.91 Å². The molecule has 550 valence electrons. The lowest BCUT2D eigenvalue weighted by Gasteiger charge is -2.22. The van der Waals surface area contributed by atoms with Gasteiger partial charge in [-0.3, -0.25) is 9.59 Å². The number of carbonyl (C=O) groups is 2. The van der Waals surface area contributed by atoms with E-state index in [1.807, 2.05) is 0 Å². The van der Waals surface area contributed by atoms with Crippen molar-refractivity contribution in [3.63, 3.8) is 0 Å². The predicted molar refractivity (Wildman–Crippen MR) is 412 cm³/mol. The second kappa shape index (κ2) is 82.5. The molecule has 6 nitrogen and oxygen atoms in total. The van der Waals surface area contributed by atoms with Crippen LogP contribution in [0.3, 0.4) is 0 Å². The summed E-state index contributed by atoms with van der Waals surface area (Å²) >= 11 is 0. The van der Waals surface area contributed by atoms with Gasteiger partial charge >= 0.3 is 5.97 Å². The van der Waals surface area contributed by atoms with E-state index >= 15 is 0 Å². The summed E-state index contributed by atoms with van der Waals surface area (Å²) in [5, 5.41) is 23.5. The molecule has 0 aromatic heterocycles. The third kappa shape index (κ3) is 79.0. The molecule has 0 saturated carbocycles. The van der Waals surface area contributed by atoms with Crippen molar-refractivity contribution in [2.24, 2.45) is 0 Å². The van der Waals surface area contributed by atoms with Crippen LogP contribution < -0.4 is 5.32 Å². The molecule has 0 bridgehead atoms. The van der Waals surface area contributed by atoms with E-state index in [9.17, 15) is 19.8 Å². The largest absolute Gasteiger partial charge is 0.466 e. The second-order valence-corrected chi connectivity index (χ2v) is 29.5. The molecular weight excluding hydrogens is 1140 g/mol. The number of esters is 1. The zero-order chi connectivity index (χ0) is 67.0. The van der Waals surface area contributed by atoms with Crippen LogP contribution in [0.15, 0.2) is 36.5 Å². The fraction of sp³-hybridized carbons (Fsp3) is 0.908. The predicted octanol–water partition coefficient (Wildman–Crippen LogP) is 28.6. The van der Waals surface area contributed by atoms with Gasteiger partial charge in [-0.15, -0.1) is 0 Å². The SMILES string of the molecule is CCCCCCCCC/C=C\CCCCCCCC(=O)OCCCCCCCCCCCCCCC/C=C\C/C=C\CCCCCCCCCCCCCCCCCCCC(=O)NC(CO)C(O)CCCCCCCCCCCCCCCCCCCCCCCCC. The number of ether oxygens (including phenoxy) is 1. The molecule has 0 aromatic carbocycles. The van der Waals surface area contributed by atoms with Crippen molar-refractivity contribution < 1.29 is 24.5 Å². The summed E-state index contributed by atoms with van der Waals surface area (Å²) in [6.07, 6.45) is 108. The Bertz CT molecular complexity index is 1510. The molecule has 0 aromatic rings. The smallest absolute Gasteiger partial charge is 0.305 e. The number of aliphatic hydroxyl groups excluding tert-OH is 2. The quantitative estimate of drug-likeness (QED) is 0.0320. The molecular formula is C87H167NO5. The lowest BCUT2D eigenvalue weighted by molar-refractivity contribution is -0.143. The molecule has 0 rings (SSSR count). The second-order valence-electron chi connectivity index (χ2n) is 29.5. The molecule has 6 heteroatoms. The summed E-state index contributed by atoms with van der Waals surface area (Å²) in [4.78, 5) is 24.7. The first-order valence-electron chi connectivity index (χ1n) is 42.7. The highest BCUT2D eigenvalue weighted by atomic mass is 16.5. The van der Waals surface area contributed by atoms with Crippen molar-refractivity contribution in [3.05, 3.63) is 36.5 Å². The molecule has 3 N–H and O–H groups in total. The normalized spacial score (nSPS) is 12.6. The highest BCUT2D eigenvalue weighted by Gasteiger charge is 2.20. The van der Waals surface area contributed by atoms with Crippen LogP contribution in [0, 0.1) is 0 Å². The number of carbonyl (C=O) groups excluding carboxylic acids is 2. The van der Waals surface area contributed by atoms with Gasteiger partial charge in [-0.2, -0.15) is 0 Å². The molecule has 2 unspecified atom stereocenters. The van der Waals surface area contributed by atoms with Gasteiger partial charge in [0.1, 0.15) is 0 Å². The number of rotatable bonds is 81. The highest BCUT2D eigenvalue weighted by molar-refractivity contribution is 5.76. The van der Waals surface area contributed by atoms with Gasteiger partial charge in [0, 0.05) is 12.8 Å². The molecule has 0 saturated heterocycles. The van der Waals surface area contributed by atoms with E-state index in [-0.39, 0.29) is 18.5 Å². The number of aliphatic hydroxyl groups is 2. The van der Waals surface area contributed by atoms with Gasteiger partial charge < -0.3 is 20.3 Å². The maximum Gasteiger partial charge on any atom is 0.305 e. The van der Waals surface area contributed by atoms with Crippen molar-refractivity contribution in [1.82, 2.24) is 5.32 Å². The first-order chi connectivity index (χ1) is 46.0. The average molecular weight is 1310 g/mol. The average Bonchev–Trinajstić information content (AvgIpc) is 3.78. The third-order valence-corrected chi connectivity index (χ3v) is 20.2. The van der Waals surface area contributed by atoms with Gasteiger partial charge in [-0.1, -0.05) is 423 Å². The standard InChI is InChI=1S/C87H167NO5/c1-3-5-7-9-11-13-15-17-19-21-22-23-39-42-45-48-51-55-59-63-67-71-75-79-85(90)84(83-89)88-86(91)80-76-72-68-64-60-56-52-49-46-43-40-37-35-33-31-29-27-25-24-26-28-30-32-34-36-38-41-44-47-50-54-58-62-66-70-74-78-82-93-87(92)81-77-73-69-65-61-57-53-20-18-16-14-12-10-8-6-4-2/h20,24,26,30,32,53,84-85,89-90H,3-19,21-23,25,27-29,31,33-52,54-83H2,1-2H3,(H,88,91)/b26-24-,32-30-,53-20-. The Labute approximate surface area is 583 Å². The van der Waals surface area contributed by atoms with Crippen molar-refractivity contribution in [1.29, 1.82) is 0 Å². The summed E-state index contributed by atoms with van der Waals surface area (Å²) in [5.41, 5.74) is 0. The van der Waals surface area contributed by atoms with E-state index in [1.54, 1.807) is 0 Å². The van der Waals surface area contributed by atoms with Gasteiger partial charge in [0.15, 0.2) is 0 Å². The van der Waals surface area contributed by atoms with E-state index in [1.165, 1.54) is 398 Å².